The zero-order chi connectivity index (χ0) is 24.9. The Morgan fingerprint density at radius 2 is 2.09 bits per heavy atom. The maximum atomic E-state index is 13.2. The van der Waals surface area contributed by atoms with Gasteiger partial charge < -0.3 is 11.1 Å². The van der Waals surface area contributed by atoms with Gasteiger partial charge in [-0.05, 0) is 18.1 Å². The number of carbonyl (C=O) groups excluding carboxylic acids is 1. The largest absolute Gasteiger partial charge is 0.368 e. The van der Waals surface area contributed by atoms with Crippen LogP contribution in [0.4, 0.5) is 16.8 Å². The van der Waals surface area contributed by atoms with Gasteiger partial charge in [-0.2, -0.15) is 0 Å². The standard InChI is InChI=1S/C22H20ClN7O3S2/c1-2-18(29-20(24)27-28-22(29)35-11-14-6-3-4-9-16(14)23)19(31)26-21-25-17(12-34-21)13-7-5-8-15(10-13)30(32)33/h3-10,12,18H,2,11H2,1H3,(H2,24,27)(H,25,26,31). The maximum Gasteiger partial charge on any atom is 0.270 e. The van der Waals surface area contributed by atoms with Crippen LogP contribution in [-0.4, -0.2) is 30.6 Å². The molecule has 180 valence electrons. The second kappa shape index (κ2) is 10.8. The minimum atomic E-state index is -0.663. The van der Waals surface area contributed by atoms with Gasteiger partial charge in [0.1, 0.15) is 6.04 Å². The zero-order valence-electron chi connectivity index (χ0n) is 18.4. The lowest BCUT2D eigenvalue weighted by Gasteiger charge is -2.18. The van der Waals surface area contributed by atoms with Crippen LogP contribution in [0.5, 0.6) is 0 Å². The Bertz CT molecular complexity index is 1370. The van der Waals surface area contributed by atoms with E-state index in [1.807, 2.05) is 31.2 Å². The minimum Gasteiger partial charge on any atom is -0.368 e. The number of non-ortho nitro benzene ring substituents is 1. The van der Waals surface area contributed by atoms with Gasteiger partial charge in [-0.25, -0.2) is 4.98 Å². The molecular weight excluding hydrogens is 510 g/mol. The lowest BCUT2D eigenvalue weighted by molar-refractivity contribution is -0.384. The van der Waals surface area contributed by atoms with Crippen molar-refractivity contribution in [1.82, 2.24) is 19.7 Å². The predicted octanol–water partition coefficient (Wildman–Crippen LogP) is 5.43. The smallest absolute Gasteiger partial charge is 0.270 e. The molecule has 1 amide bonds. The summed E-state index contributed by atoms with van der Waals surface area (Å²) < 4.78 is 1.60. The number of anilines is 2. The molecule has 0 bridgehead atoms. The second-order valence-electron chi connectivity index (χ2n) is 7.35. The summed E-state index contributed by atoms with van der Waals surface area (Å²) in [6.45, 7) is 1.86. The molecule has 35 heavy (non-hydrogen) atoms. The third-order valence-electron chi connectivity index (χ3n) is 5.09. The molecule has 1 atom stereocenters. The number of hydrogen-bond donors (Lipinski definition) is 2. The molecule has 2 aromatic carbocycles. The first kappa shape index (κ1) is 24.6. The molecule has 10 nitrogen and oxygen atoms in total. The van der Waals surface area contributed by atoms with Crippen LogP contribution in [0.15, 0.2) is 59.1 Å². The van der Waals surface area contributed by atoms with E-state index in [0.717, 1.165) is 5.56 Å². The highest BCUT2D eigenvalue weighted by atomic mass is 35.5. The molecule has 0 aliphatic rings. The molecular formula is C22H20ClN7O3S2. The van der Waals surface area contributed by atoms with E-state index in [4.69, 9.17) is 17.3 Å². The molecule has 0 saturated carbocycles. The van der Waals surface area contributed by atoms with Crippen LogP contribution in [0.25, 0.3) is 11.3 Å². The molecule has 0 fully saturated rings. The van der Waals surface area contributed by atoms with Crippen molar-refractivity contribution in [3.63, 3.8) is 0 Å². The van der Waals surface area contributed by atoms with E-state index in [9.17, 15) is 14.9 Å². The van der Waals surface area contributed by atoms with Gasteiger partial charge in [-0.15, -0.1) is 21.5 Å². The molecule has 3 N–H and O–H groups in total. The monoisotopic (exact) mass is 529 g/mol. The van der Waals surface area contributed by atoms with E-state index in [2.05, 4.69) is 20.5 Å². The number of benzene rings is 2. The maximum absolute atomic E-state index is 13.2. The van der Waals surface area contributed by atoms with Crippen molar-refractivity contribution in [2.75, 3.05) is 11.1 Å². The first-order valence-corrected chi connectivity index (χ1v) is 12.7. The number of aromatic nitrogens is 4. The van der Waals surface area contributed by atoms with Gasteiger partial charge in [-0.3, -0.25) is 19.5 Å². The third-order valence-corrected chi connectivity index (χ3v) is 7.21. The van der Waals surface area contributed by atoms with Crippen molar-refractivity contribution in [1.29, 1.82) is 0 Å². The zero-order valence-corrected chi connectivity index (χ0v) is 20.8. The number of thioether (sulfide) groups is 1. The summed E-state index contributed by atoms with van der Waals surface area (Å²) in [4.78, 5) is 28.2. The van der Waals surface area contributed by atoms with Gasteiger partial charge in [0.25, 0.3) is 5.69 Å². The van der Waals surface area contributed by atoms with Crippen LogP contribution in [0.3, 0.4) is 0 Å². The molecule has 0 aliphatic heterocycles. The summed E-state index contributed by atoms with van der Waals surface area (Å²) in [6.07, 6.45) is 0.441. The summed E-state index contributed by atoms with van der Waals surface area (Å²) in [5.41, 5.74) is 8.09. The van der Waals surface area contributed by atoms with Crippen LogP contribution in [0.1, 0.15) is 24.9 Å². The summed E-state index contributed by atoms with van der Waals surface area (Å²) in [6, 6.07) is 13.0. The number of nitrogens with two attached hydrogens (primary N) is 1. The topological polar surface area (TPSA) is 142 Å². The summed E-state index contributed by atoms with van der Waals surface area (Å²) in [5, 5.41) is 25.2. The summed E-state index contributed by atoms with van der Waals surface area (Å²) in [5.74, 6) is 0.346. The molecule has 0 saturated heterocycles. The van der Waals surface area contributed by atoms with E-state index in [1.165, 1.54) is 35.2 Å². The average Bonchev–Trinajstić information content (AvgIpc) is 3.46. The SMILES string of the molecule is CCC(C(=O)Nc1nc(-c2cccc([N+](=O)[O-])c2)cs1)n1c(N)nnc1SCc1ccccc1Cl. The van der Waals surface area contributed by atoms with E-state index in [0.29, 0.717) is 38.7 Å². The third kappa shape index (κ3) is 5.61. The molecule has 2 aromatic heterocycles. The van der Waals surface area contributed by atoms with Crippen LogP contribution in [0.2, 0.25) is 5.02 Å². The van der Waals surface area contributed by atoms with Crippen molar-refractivity contribution in [3.8, 4) is 11.3 Å². The number of nitro groups is 1. The van der Waals surface area contributed by atoms with Crippen molar-refractivity contribution in [3.05, 3.63) is 74.6 Å². The molecule has 0 spiro atoms. The van der Waals surface area contributed by atoms with Crippen molar-refractivity contribution >= 4 is 57.4 Å². The van der Waals surface area contributed by atoms with Crippen molar-refractivity contribution < 1.29 is 9.72 Å². The Balaban J connectivity index is 1.50. The molecule has 2 heterocycles. The Hall–Kier alpha value is -3.48. The Kier molecular flexibility index (Phi) is 7.63. The van der Waals surface area contributed by atoms with Crippen molar-refractivity contribution in [2.45, 2.75) is 30.3 Å². The molecule has 1 unspecified atom stereocenters. The lowest BCUT2D eigenvalue weighted by Crippen LogP contribution is -2.27. The van der Waals surface area contributed by atoms with E-state index >= 15 is 0 Å². The Labute approximate surface area is 213 Å². The highest BCUT2D eigenvalue weighted by Gasteiger charge is 2.26. The Morgan fingerprint density at radius 1 is 1.29 bits per heavy atom. The number of nitro benzene ring substituents is 1. The number of halogens is 1. The molecule has 4 aromatic rings. The fourth-order valence-electron chi connectivity index (χ4n) is 3.35. The van der Waals surface area contributed by atoms with Crippen LogP contribution >= 0.6 is 34.7 Å². The quantitative estimate of drug-likeness (QED) is 0.166. The van der Waals surface area contributed by atoms with E-state index in [1.54, 1.807) is 22.1 Å². The van der Waals surface area contributed by atoms with Crippen LogP contribution < -0.4 is 11.1 Å². The minimum absolute atomic E-state index is 0.0305. The molecule has 13 heteroatoms. The fourth-order valence-corrected chi connectivity index (χ4v) is 5.35. The van der Waals surface area contributed by atoms with Gasteiger partial charge in [0.2, 0.25) is 11.9 Å². The number of thiazole rings is 1. The van der Waals surface area contributed by atoms with E-state index < -0.39 is 11.0 Å². The van der Waals surface area contributed by atoms with E-state index in [-0.39, 0.29) is 17.5 Å². The van der Waals surface area contributed by atoms with Crippen LogP contribution in [-0.2, 0) is 10.5 Å². The van der Waals surface area contributed by atoms with Gasteiger partial charge >= 0.3 is 0 Å². The number of hydrogen-bond acceptors (Lipinski definition) is 9. The average molecular weight is 530 g/mol. The number of nitrogens with one attached hydrogen (secondary N) is 1. The number of nitrogen functional groups attached to an aromatic ring is 1. The highest BCUT2D eigenvalue weighted by Crippen LogP contribution is 2.31. The summed E-state index contributed by atoms with van der Waals surface area (Å²) in [7, 11) is 0. The van der Waals surface area contributed by atoms with Crippen LogP contribution in [0, 0.1) is 10.1 Å². The van der Waals surface area contributed by atoms with Gasteiger partial charge in [0.15, 0.2) is 10.3 Å². The van der Waals surface area contributed by atoms with Gasteiger partial charge in [0, 0.05) is 33.9 Å². The Morgan fingerprint density at radius 3 is 2.83 bits per heavy atom. The second-order valence-corrected chi connectivity index (χ2v) is 9.56. The highest BCUT2D eigenvalue weighted by molar-refractivity contribution is 7.98. The predicted molar refractivity (Wildman–Crippen MR) is 138 cm³/mol. The fraction of sp³-hybridized carbons (Fsp3) is 0.182. The number of nitrogens with zero attached hydrogens (tertiary/aromatic N) is 5. The first-order valence-electron chi connectivity index (χ1n) is 10.4. The van der Waals surface area contributed by atoms with Gasteiger partial charge in [0.05, 0.1) is 10.6 Å². The number of amides is 1. The summed E-state index contributed by atoms with van der Waals surface area (Å²) >= 11 is 8.86. The molecule has 0 aliphatic carbocycles. The van der Waals surface area contributed by atoms with Gasteiger partial charge in [-0.1, -0.05) is 60.6 Å². The normalized spacial score (nSPS) is 11.8. The number of carbonyl (C=O) groups is 1. The molecule has 0 radical (unpaired) electrons. The number of rotatable bonds is 9. The lowest BCUT2D eigenvalue weighted by atomic mass is 10.1. The molecule has 4 rings (SSSR count). The van der Waals surface area contributed by atoms with Crippen molar-refractivity contribution in [2.24, 2.45) is 0 Å². The first-order chi connectivity index (χ1) is 16.9.